The van der Waals surface area contributed by atoms with Crippen LogP contribution in [-0.4, -0.2) is 121 Å². The predicted octanol–water partition coefficient (Wildman–Crippen LogP) is -4.45. The molecule has 2 fully saturated rings. The summed E-state index contributed by atoms with van der Waals surface area (Å²) in [4.78, 5) is 89.2. The van der Waals surface area contributed by atoms with Gasteiger partial charge in [-0.15, -0.1) is 0 Å². The normalized spacial score (nSPS) is 31.4. The second-order valence-electron chi connectivity index (χ2n) is 10.6. The first-order valence-electron chi connectivity index (χ1n) is 13.8. The molecule has 4 rings (SSSR count). The molecule has 0 aliphatic carbocycles. The van der Waals surface area contributed by atoms with Crippen molar-refractivity contribution < 1.29 is 89.7 Å². The molecule has 8 unspecified atom stereocenters. The van der Waals surface area contributed by atoms with Crippen LogP contribution >= 0.6 is 31.3 Å². The maximum absolute atomic E-state index is 12.3. The summed E-state index contributed by atoms with van der Waals surface area (Å²) in [5.74, 6) is 0. The number of phosphoric acid groups is 4. The van der Waals surface area contributed by atoms with E-state index in [1.807, 2.05) is 9.97 Å². The van der Waals surface area contributed by atoms with Gasteiger partial charge in [-0.05, 0) is 0 Å². The summed E-state index contributed by atoms with van der Waals surface area (Å²) < 4.78 is 81.5. The SMILES string of the molecule is O=c1ccn(C[C@@H]2O[C@H](COP(=O)(O)OP(=O)(O)OP(=O)(O)OP(=O)(O)OC[C@H]3O[C@@H](Cn4ccc(=O)[nH]c4=O)C(O)C3O)C(O)C2O)c(=O)[nH]1. The number of aromatic amines is 2. The van der Waals surface area contributed by atoms with Gasteiger partial charge in [0, 0.05) is 24.5 Å². The van der Waals surface area contributed by atoms with Crippen LogP contribution in [0, 0.1) is 0 Å². The van der Waals surface area contributed by atoms with E-state index < -0.39 is 129 Å². The topological polar surface area (TPSA) is 404 Å². The zero-order chi connectivity index (χ0) is 38.1. The van der Waals surface area contributed by atoms with Gasteiger partial charge in [-0.25, -0.2) is 27.8 Å². The van der Waals surface area contributed by atoms with Crippen molar-refractivity contribution in [3.05, 3.63) is 66.2 Å². The number of aliphatic hydroxyl groups excluding tert-OH is 4. The fourth-order valence-corrected chi connectivity index (χ4v) is 9.55. The molecule has 0 amide bonds. The fourth-order valence-electron chi connectivity index (χ4n) is 4.60. The molecule has 2 aromatic rings. The highest BCUT2D eigenvalue weighted by Crippen LogP contribution is 2.71. The minimum absolute atomic E-state index is 0.432. The summed E-state index contributed by atoms with van der Waals surface area (Å²) >= 11 is 0. The Kier molecular flexibility index (Phi) is 13.0. The number of H-pyrrole nitrogens is 2. The fraction of sp³-hybridized carbons (Fsp3) is 0.600. The molecule has 2 saturated heterocycles. The molecule has 31 heteroatoms. The highest BCUT2D eigenvalue weighted by Gasteiger charge is 2.49. The van der Waals surface area contributed by atoms with E-state index in [1.54, 1.807) is 0 Å². The summed E-state index contributed by atoms with van der Waals surface area (Å²) in [6.07, 6.45) is -11.0. The van der Waals surface area contributed by atoms with Crippen LogP contribution in [0.3, 0.4) is 0 Å². The van der Waals surface area contributed by atoms with Crippen molar-refractivity contribution in [2.45, 2.75) is 61.9 Å². The van der Waals surface area contributed by atoms with Crippen LogP contribution in [0.1, 0.15) is 0 Å². The lowest BCUT2D eigenvalue weighted by atomic mass is 10.1. The molecule has 12 atom stereocenters. The number of aromatic nitrogens is 4. The quantitative estimate of drug-likeness (QED) is 0.0714. The maximum atomic E-state index is 12.3. The van der Waals surface area contributed by atoms with Gasteiger partial charge in [-0.1, -0.05) is 0 Å². The Bertz CT molecular complexity index is 1860. The third-order valence-electron chi connectivity index (χ3n) is 6.89. The summed E-state index contributed by atoms with van der Waals surface area (Å²) in [6, 6.07) is 1.95. The van der Waals surface area contributed by atoms with E-state index in [9.17, 15) is 77.4 Å². The molecule has 288 valence electrons. The molecule has 0 radical (unpaired) electrons. The predicted molar refractivity (Wildman–Crippen MR) is 158 cm³/mol. The second-order valence-corrected chi connectivity index (χ2v) is 16.8. The Morgan fingerprint density at radius 2 is 0.882 bits per heavy atom. The van der Waals surface area contributed by atoms with Crippen LogP contribution in [0.25, 0.3) is 0 Å². The van der Waals surface area contributed by atoms with E-state index in [-0.39, 0.29) is 0 Å². The van der Waals surface area contributed by atoms with Gasteiger partial charge in [0.15, 0.2) is 0 Å². The van der Waals surface area contributed by atoms with Gasteiger partial charge < -0.3 is 49.5 Å². The van der Waals surface area contributed by atoms with Gasteiger partial charge in [0.05, 0.1) is 26.3 Å². The van der Waals surface area contributed by atoms with Crippen molar-refractivity contribution in [1.82, 2.24) is 19.1 Å². The van der Waals surface area contributed by atoms with Crippen molar-refractivity contribution in [2.75, 3.05) is 13.2 Å². The summed E-state index contributed by atoms with van der Waals surface area (Å²) in [5, 5.41) is 40.8. The molecule has 0 spiro atoms. The molecule has 0 saturated carbocycles. The largest absolute Gasteiger partial charge is 0.490 e. The van der Waals surface area contributed by atoms with Crippen LogP contribution in [-0.2, 0) is 62.8 Å². The Balaban J connectivity index is 1.27. The van der Waals surface area contributed by atoms with Gasteiger partial charge in [-0.2, -0.15) is 12.9 Å². The van der Waals surface area contributed by atoms with Gasteiger partial charge in [0.25, 0.3) is 11.1 Å². The minimum Gasteiger partial charge on any atom is -0.388 e. The van der Waals surface area contributed by atoms with Crippen LogP contribution in [0.15, 0.2) is 43.7 Å². The summed E-state index contributed by atoms with van der Waals surface area (Å²) in [6.45, 7) is -3.16. The van der Waals surface area contributed by atoms with E-state index in [0.717, 1.165) is 33.7 Å². The molecule has 0 bridgehead atoms. The van der Waals surface area contributed by atoms with Gasteiger partial charge in [0.2, 0.25) is 0 Å². The van der Waals surface area contributed by atoms with Crippen molar-refractivity contribution in [1.29, 1.82) is 0 Å². The monoisotopic (exact) mass is 818 g/mol. The number of ether oxygens (including phenoxy) is 2. The second kappa shape index (κ2) is 16.0. The average Bonchev–Trinajstić information content (AvgIpc) is 3.40. The third kappa shape index (κ3) is 11.3. The zero-order valence-corrected chi connectivity index (χ0v) is 28.7. The molecular formula is C20H30N4O23P4. The van der Waals surface area contributed by atoms with E-state index in [4.69, 9.17) is 9.47 Å². The van der Waals surface area contributed by atoms with E-state index in [0.29, 0.717) is 0 Å². The van der Waals surface area contributed by atoms with Gasteiger partial charge >= 0.3 is 42.7 Å². The van der Waals surface area contributed by atoms with Crippen molar-refractivity contribution >= 4 is 31.3 Å². The summed E-state index contributed by atoms with van der Waals surface area (Å²) in [5.41, 5.74) is -3.25. The molecule has 0 aromatic carbocycles. The Hall–Kier alpha value is -2.32. The van der Waals surface area contributed by atoms with Gasteiger partial charge in [-0.3, -0.25) is 37.7 Å². The molecule has 51 heavy (non-hydrogen) atoms. The molecule has 2 aromatic heterocycles. The highest BCUT2D eigenvalue weighted by atomic mass is 31.3. The van der Waals surface area contributed by atoms with Crippen LogP contribution in [0.4, 0.5) is 0 Å². The van der Waals surface area contributed by atoms with Crippen molar-refractivity contribution in [3.8, 4) is 0 Å². The Morgan fingerprint density at radius 1 is 0.569 bits per heavy atom. The third-order valence-corrected chi connectivity index (χ3v) is 12.8. The van der Waals surface area contributed by atoms with E-state index in [1.165, 1.54) is 0 Å². The molecule has 4 heterocycles. The first-order valence-corrected chi connectivity index (χ1v) is 19.8. The van der Waals surface area contributed by atoms with Crippen LogP contribution in [0.5, 0.6) is 0 Å². The van der Waals surface area contributed by atoms with E-state index >= 15 is 0 Å². The molecule has 2 aliphatic rings. The number of rotatable bonds is 16. The van der Waals surface area contributed by atoms with Crippen molar-refractivity contribution in [3.63, 3.8) is 0 Å². The minimum atomic E-state index is -6.22. The number of hydrogen-bond donors (Lipinski definition) is 10. The zero-order valence-electron chi connectivity index (χ0n) is 25.1. The molecular weight excluding hydrogens is 788 g/mol. The first kappa shape index (κ1) is 41.4. The Morgan fingerprint density at radius 3 is 1.22 bits per heavy atom. The number of hydrogen-bond acceptors (Lipinski definition) is 19. The smallest absolute Gasteiger partial charge is 0.388 e. The first-order chi connectivity index (χ1) is 23.5. The average molecular weight is 818 g/mol. The lowest BCUT2D eigenvalue weighted by molar-refractivity contribution is -0.0266. The molecule has 2 aliphatic heterocycles. The maximum Gasteiger partial charge on any atom is 0.490 e. The number of nitrogens with one attached hydrogen (secondary N) is 2. The van der Waals surface area contributed by atoms with E-state index in [2.05, 4.69) is 22.0 Å². The van der Waals surface area contributed by atoms with Crippen molar-refractivity contribution in [2.24, 2.45) is 0 Å². The summed E-state index contributed by atoms with van der Waals surface area (Å²) in [7, 11) is -24.0. The lowest BCUT2D eigenvalue weighted by Crippen LogP contribution is -2.38. The Labute approximate surface area is 281 Å². The lowest BCUT2D eigenvalue weighted by Gasteiger charge is -2.21. The molecule has 27 nitrogen and oxygen atoms in total. The van der Waals surface area contributed by atoms with Crippen LogP contribution in [0.2, 0.25) is 0 Å². The molecule has 10 N–H and O–H groups in total. The number of phosphoric ester groups is 2. The van der Waals surface area contributed by atoms with Gasteiger partial charge in [0.1, 0.15) is 48.8 Å². The highest BCUT2D eigenvalue weighted by molar-refractivity contribution is 7.69. The standard InChI is InChI=1S/C20H30N4O23P4/c25-13-1-3-23(19(31)21-13)5-9-15(27)17(29)11(43-9)7-41-48(33,34)45-50(37,38)47-51(39,40)46-49(35,36)42-8-12-18(30)16(28)10(44-12)6-24-4-2-14(26)22-20(24)32/h1-4,9-12,15-18,27-30H,5-8H2,(H,33,34)(H,35,36)(H,37,38)(H,39,40)(H,21,25,31)(H,22,26,32)/t9-,10-,11+,12+,15?,16?,17?,18?/m0/s1. The number of aliphatic hydroxyl groups is 4. The van der Waals surface area contributed by atoms with Crippen LogP contribution < -0.4 is 22.5 Å². The number of nitrogens with zero attached hydrogens (tertiary/aromatic N) is 2.